The van der Waals surface area contributed by atoms with Crippen LogP contribution in [0.15, 0.2) is 67.0 Å². The number of aromatic nitrogens is 1. The van der Waals surface area contributed by atoms with Crippen LogP contribution in [0.3, 0.4) is 0 Å². The molecule has 0 saturated heterocycles. The number of rotatable bonds is 2. The van der Waals surface area contributed by atoms with Crippen molar-refractivity contribution >= 4 is 23.2 Å². The molecule has 1 aliphatic heterocycles. The van der Waals surface area contributed by atoms with Crippen LogP contribution >= 0.6 is 11.6 Å². The number of carbonyl (C=O) groups is 1. The summed E-state index contributed by atoms with van der Waals surface area (Å²) in [6, 6.07) is 17.4. The zero-order valence-electron chi connectivity index (χ0n) is 12.9. The maximum atomic E-state index is 12.8. The first-order valence-electron chi connectivity index (χ1n) is 7.84. The number of benzene rings is 2. The molecule has 1 aliphatic rings. The highest BCUT2D eigenvalue weighted by Gasteiger charge is 2.26. The molecule has 3 nitrogen and oxygen atoms in total. The second kappa shape index (κ2) is 6.10. The zero-order valence-corrected chi connectivity index (χ0v) is 13.7. The van der Waals surface area contributed by atoms with Gasteiger partial charge in [0, 0.05) is 24.6 Å². The van der Waals surface area contributed by atoms with E-state index >= 15 is 0 Å². The second-order valence-electron chi connectivity index (χ2n) is 5.77. The van der Waals surface area contributed by atoms with Crippen LogP contribution < -0.4 is 4.90 Å². The molecule has 0 bridgehead atoms. The van der Waals surface area contributed by atoms with E-state index in [1.807, 2.05) is 41.3 Å². The zero-order chi connectivity index (χ0) is 16.5. The first-order valence-corrected chi connectivity index (χ1v) is 8.21. The summed E-state index contributed by atoms with van der Waals surface area (Å²) in [6.07, 6.45) is 4.43. The largest absolute Gasteiger partial charge is 0.308 e. The Morgan fingerprint density at radius 2 is 1.79 bits per heavy atom. The lowest BCUT2D eigenvalue weighted by molar-refractivity contribution is 0.0989. The molecular weight excluding hydrogens is 320 g/mol. The SMILES string of the molecule is O=C(c1ccccc1Cl)N1CCc2cc(-c3ccncc3)ccc21. The summed E-state index contributed by atoms with van der Waals surface area (Å²) in [5, 5.41) is 0.490. The standard InChI is InChI=1S/C20H15ClN2O/c21-18-4-2-1-3-17(18)20(24)23-12-9-16-13-15(5-6-19(16)23)14-7-10-22-11-8-14/h1-8,10-11,13H,9,12H2. The second-order valence-corrected chi connectivity index (χ2v) is 6.17. The summed E-state index contributed by atoms with van der Waals surface area (Å²) in [7, 11) is 0. The average Bonchev–Trinajstić information content (AvgIpc) is 3.05. The molecule has 0 unspecified atom stereocenters. The molecule has 0 spiro atoms. The van der Waals surface area contributed by atoms with Gasteiger partial charge in [0.1, 0.15) is 0 Å². The van der Waals surface area contributed by atoms with Gasteiger partial charge in [0.2, 0.25) is 0 Å². The van der Waals surface area contributed by atoms with Crippen molar-refractivity contribution in [1.29, 1.82) is 0 Å². The highest BCUT2D eigenvalue weighted by Crippen LogP contribution is 2.33. The number of amides is 1. The number of anilines is 1. The third-order valence-corrected chi connectivity index (χ3v) is 4.67. The number of hydrogen-bond acceptors (Lipinski definition) is 2. The summed E-state index contributed by atoms with van der Waals surface area (Å²) >= 11 is 6.18. The molecule has 4 heteroatoms. The molecule has 2 aromatic carbocycles. The highest BCUT2D eigenvalue weighted by atomic mass is 35.5. The topological polar surface area (TPSA) is 33.2 Å². The molecule has 0 radical (unpaired) electrons. The Morgan fingerprint density at radius 1 is 1.00 bits per heavy atom. The number of halogens is 1. The quantitative estimate of drug-likeness (QED) is 0.686. The normalized spacial score (nSPS) is 13.0. The van der Waals surface area contributed by atoms with Crippen LogP contribution in [0.5, 0.6) is 0 Å². The van der Waals surface area contributed by atoms with Crippen molar-refractivity contribution in [3.8, 4) is 11.1 Å². The van der Waals surface area contributed by atoms with Gasteiger partial charge >= 0.3 is 0 Å². The molecule has 0 aliphatic carbocycles. The van der Waals surface area contributed by atoms with Crippen LogP contribution in [-0.2, 0) is 6.42 Å². The van der Waals surface area contributed by atoms with E-state index in [0.717, 1.165) is 23.2 Å². The lowest BCUT2D eigenvalue weighted by Gasteiger charge is -2.18. The Bertz CT molecular complexity index is 909. The van der Waals surface area contributed by atoms with Crippen LogP contribution in [-0.4, -0.2) is 17.4 Å². The summed E-state index contributed by atoms with van der Waals surface area (Å²) in [5.41, 5.74) is 4.97. The van der Waals surface area contributed by atoms with Crippen molar-refractivity contribution < 1.29 is 4.79 Å². The third-order valence-electron chi connectivity index (χ3n) is 4.34. The van der Waals surface area contributed by atoms with Crippen LogP contribution in [0, 0.1) is 0 Å². The van der Waals surface area contributed by atoms with E-state index in [2.05, 4.69) is 11.1 Å². The Kier molecular flexibility index (Phi) is 3.79. The van der Waals surface area contributed by atoms with E-state index in [4.69, 9.17) is 11.6 Å². The summed E-state index contributed by atoms with van der Waals surface area (Å²) in [6.45, 7) is 0.680. The van der Waals surface area contributed by atoms with Crippen molar-refractivity contribution in [2.75, 3.05) is 11.4 Å². The van der Waals surface area contributed by atoms with Gasteiger partial charge < -0.3 is 4.90 Å². The van der Waals surface area contributed by atoms with Crippen molar-refractivity contribution in [1.82, 2.24) is 4.98 Å². The van der Waals surface area contributed by atoms with Crippen LogP contribution in [0.4, 0.5) is 5.69 Å². The Balaban J connectivity index is 1.68. The molecule has 4 rings (SSSR count). The van der Waals surface area contributed by atoms with Gasteiger partial charge in [0.05, 0.1) is 10.6 Å². The predicted octanol–water partition coefficient (Wildman–Crippen LogP) is 4.60. The smallest absolute Gasteiger partial charge is 0.259 e. The number of pyridine rings is 1. The maximum absolute atomic E-state index is 12.8. The van der Waals surface area contributed by atoms with Gasteiger partial charge in [-0.05, 0) is 59.5 Å². The molecule has 0 atom stereocenters. The summed E-state index contributed by atoms with van der Waals surface area (Å²) in [4.78, 5) is 18.7. The van der Waals surface area contributed by atoms with Gasteiger partial charge in [0.15, 0.2) is 0 Å². The fourth-order valence-corrected chi connectivity index (χ4v) is 3.33. The van der Waals surface area contributed by atoms with E-state index in [9.17, 15) is 4.79 Å². The summed E-state index contributed by atoms with van der Waals surface area (Å²) < 4.78 is 0. The molecule has 1 amide bonds. The van der Waals surface area contributed by atoms with Gasteiger partial charge in [-0.15, -0.1) is 0 Å². The third kappa shape index (κ3) is 2.57. The average molecular weight is 335 g/mol. The van der Waals surface area contributed by atoms with E-state index in [-0.39, 0.29) is 5.91 Å². The van der Waals surface area contributed by atoms with Crippen LogP contribution in [0.1, 0.15) is 15.9 Å². The van der Waals surface area contributed by atoms with Crippen molar-refractivity contribution in [2.24, 2.45) is 0 Å². The lowest BCUT2D eigenvalue weighted by Crippen LogP contribution is -2.29. The molecule has 0 fully saturated rings. The maximum Gasteiger partial charge on any atom is 0.259 e. The van der Waals surface area contributed by atoms with Crippen LogP contribution in [0.25, 0.3) is 11.1 Å². The van der Waals surface area contributed by atoms with E-state index in [1.54, 1.807) is 24.5 Å². The van der Waals surface area contributed by atoms with Crippen molar-refractivity contribution in [3.63, 3.8) is 0 Å². The first-order chi connectivity index (χ1) is 11.7. The molecule has 2 heterocycles. The molecule has 118 valence electrons. The predicted molar refractivity (Wildman–Crippen MR) is 96.5 cm³/mol. The Morgan fingerprint density at radius 3 is 2.58 bits per heavy atom. The first kappa shape index (κ1) is 14.9. The molecule has 24 heavy (non-hydrogen) atoms. The minimum Gasteiger partial charge on any atom is -0.308 e. The minimum absolute atomic E-state index is 0.0454. The van der Waals surface area contributed by atoms with Gasteiger partial charge in [-0.25, -0.2) is 0 Å². The highest BCUT2D eigenvalue weighted by molar-refractivity contribution is 6.34. The van der Waals surface area contributed by atoms with Gasteiger partial charge in [-0.2, -0.15) is 0 Å². The van der Waals surface area contributed by atoms with Gasteiger partial charge in [-0.1, -0.05) is 29.8 Å². The fourth-order valence-electron chi connectivity index (χ4n) is 3.12. The van der Waals surface area contributed by atoms with Crippen LogP contribution in [0.2, 0.25) is 5.02 Å². The molecule has 0 N–H and O–H groups in total. The number of hydrogen-bond donors (Lipinski definition) is 0. The molecular formula is C20H15ClN2O. The Hall–Kier alpha value is -2.65. The minimum atomic E-state index is -0.0454. The van der Waals surface area contributed by atoms with E-state index in [0.29, 0.717) is 17.1 Å². The number of nitrogens with zero attached hydrogens (tertiary/aromatic N) is 2. The Labute approximate surface area is 145 Å². The van der Waals surface area contributed by atoms with Gasteiger partial charge in [0.25, 0.3) is 5.91 Å². The van der Waals surface area contributed by atoms with Crippen molar-refractivity contribution in [2.45, 2.75) is 6.42 Å². The molecule has 1 aromatic heterocycles. The summed E-state index contributed by atoms with van der Waals surface area (Å²) in [5.74, 6) is -0.0454. The number of carbonyl (C=O) groups excluding carboxylic acids is 1. The molecule has 3 aromatic rings. The van der Waals surface area contributed by atoms with Gasteiger partial charge in [-0.3, -0.25) is 9.78 Å². The molecule has 0 saturated carbocycles. The fraction of sp³-hybridized carbons (Fsp3) is 0.100. The lowest BCUT2D eigenvalue weighted by atomic mass is 10.0. The van der Waals surface area contributed by atoms with E-state index < -0.39 is 0 Å². The number of fused-ring (bicyclic) bond motifs is 1. The van der Waals surface area contributed by atoms with Crippen molar-refractivity contribution in [3.05, 3.63) is 83.1 Å². The monoisotopic (exact) mass is 334 g/mol. The van der Waals surface area contributed by atoms with E-state index in [1.165, 1.54) is 5.56 Å².